The standard InChI is InChI=1S/C16H21NO4/c1-10(2)14(16(19)20)17-15(18)12-5-3-4-11(8-12)13-6-7-21-9-13/h3-5,8,10,13-14H,6-7,9H2,1-2H3,(H,17,18)(H,19,20)/t13?,14-/m0/s1. The molecule has 5 nitrogen and oxygen atoms in total. The second-order valence-electron chi connectivity index (χ2n) is 5.72. The minimum absolute atomic E-state index is 0.169. The van der Waals surface area contributed by atoms with Gasteiger partial charge in [0.05, 0.1) is 6.61 Å². The molecule has 1 amide bonds. The van der Waals surface area contributed by atoms with E-state index < -0.39 is 12.0 Å². The average Bonchev–Trinajstić information content (AvgIpc) is 2.98. The summed E-state index contributed by atoms with van der Waals surface area (Å²) in [5.41, 5.74) is 1.56. The van der Waals surface area contributed by atoms with Crippen LogP contribution < -0.4 is 5.32 Å². The molecule has 2 rings (SSSR count). The van der Waals surface area contributed by atoms with Gasteiger partial charge in [-0.25, -0.2) is 4.79 Å². The van der Waals surface area contributed by atoms with Gasteiger partial charge in [0.1, 0.15) is 6.04 Å². The summed E-state index contributed by atoms with van der Waals surface area (Å²) in [7, 11) is 0. The maximum Gasteiger partial charge on any atom is 0.326 e. The van der Waals surface area contributed by atoms with Gasteiger partial charge in [-0.1, -0.05) is 26.0 Å². The summed E-state index contributed by atoms with van der Waals surface area (Å²) in [6.07, 6.45) is 0.953. The second-order valence-corrected chi connectivity index (χ2v) is 5.72. The first kappa shape index (κ1) is 15.5. The third kappa shape index (κ3) is 3.82. The monoisotopic (exact) mass is 291 g/mol. The second kappa shape index (κ2) is 6.72. The van der Waals surface area contributed by atoms with Gasteiger partial charge >= 0.3 is 5.97 Å². The number of carboxylic acids is 1. The first-order chi connectivity index (χ1) is 9.99. The number of rotatable bonds is 5. The maximum absolute atomic E-state index is 12.2. The van der Waals surface area contributed by atoms with E-state index in [1.165, 1.54) is 0 Å². The zero-order valence-corrected chi connectivity index (χ0v) is 12.3. The van der Waals surface area contributed by atoms with Crippen LogP contribution in [0.15, 0.2) is 24.3 Å². The highest BCUT2D eigenvalue weighted by molar-refractivity contribution is 5.96. The first-order valence-corrected chi connectivity index (χ1v) is 7.20. The molecule has 2 N–H and O–H groups in total. The Bertz CT molecular complexity index is 521. The number of carbonyl (C=O) groups is 2. The van der Waals surface area contributed by atoms with Gasteiger partial charge < -0.3 is 15.2 Å². The Morgan fingerprint density at radius 2 is 2.14 bits per heavy atom. The van der Waals surface area contributed by atoms with Crippen LogP contribution in [0.4, 0.5) is 0 Å². The van der Waals surface area contributed by atoms with Crippen LogP contribution in [0.1, 0.15) is 42.1 Å². The predicted octanol–water partition coefficient (Wildman–Crippen LogP) is 2.03. The molecule has 1 saturated heterocycles. The summed E-state index contributed by atoms with van der Waals surface area (Å²) in [5, 5.41) is 11.7. The molecule has 0 radical (unpaired) electrons. The molecule has 1 aliphatic heterocycles. The normalized spacial score (nSPS) is 19.5. The van der Waals surface area contributed by atoms with Crippen molar-refractivity contribution in [2.75, 3.05) is 13.2 Å². The van der Waals surface area contributed by atoms with Crippen molar-refractivity contribution < 1.29 is 19.4 Å². The molecule has 1 aliphatic rings. The molecule has 0 bridgehead atoms. The lowest BCUT2D eigenvalue weighted by Gasteiger charge is -2.18. The average molecular weight is 291 g/mol. The van der Waals surface area contributed by atoms with Gasteiger partial charge in [-0.3, -0.25) is 4.79 Å². The van der Waals surface area contributed by atoms with Crippen molar-refractivity contribution >= 4 is 11.9 Å². The van der Waals surface area contributed by atoms with Crippen LogP contribution in [0, 0.1) is 5.92 Å². The van der Waals surface area contributed by atoms with Crippen LogP contribution in [0.3, 0.4) is 0 Å². The molecular weight excluding hydrogens is 270 g/mol. The van der Waals surface area contributed by atoms with E-state index in [4.69, 9.17) is 9.84 Å². The predicted molar refractivity (Wildman–Crippen MR) is 78.3 cm³/mol. The number of hydrogen-bond acceptors (Lipinski definition) is 3. The van der Waals surface area contributed by atoms with Crippen molar-refractivity contribution in [1.29, 1.82) is 0 Å². The molecular formula is C16H21NO4. The minimum atomic E-state index is -1.02. The van der Waals surface area contributed by atoms with E-state index in [0.29, 0.717) is 18.1 Å². The Hall–Kier alpha value is -1.88. The SMILES string of the molecule is CC(C)[C@H](NC(=O)c1cccc(C2CCOC2)c1)C(=O)O. The van der Waals surface area contributed by atoms with Crippen molar-refractivity contribution in [2.45, 2.75) is 32.2 Å². The minimum Gasteiger partial charge on any atom is -0.480 e. The van der Waals surface area contributed by atoms with Crippen molar-refractivity contribution in [3.63, 3.8) is 0 Å². The largest absolute Gasteiger partial charge is 0.480 e. The van der Waals surface area contributed by atoms with E-state index in [-0.39, 0.29) is 11.8 Å². The summed E-state index contributed by atoms with van der Waals surface area (Å²) in [6, 6.07) is 6.46. The van der Waals surface area contributed by atoms with Crippen LogP contribution >= 0.6 is 0 Å². The number of carbonyl (C=O) groups excluding carboxylic acids is 1. The van der Waals surface area contributed by atoms with Crippen LogP contribution in [0.5, 0.6) is 0 Å². The Morgan fingerprint density at radius 1 is 1.38 bits per heavy atom. The van der Waals surface area contributed by atoms with Gasteiger partial charge in [-0.05, 0) is 30.0 Å². The maximum atomic E-state index is 12.2. The van der Waals surface area contributed by atoms with Crippen molar-refractivity contribution in [3.05, 3.63) is 35.4 Å². The van der Waals surface area contributed by atoms with Gasteiger partial charge in [-0.15, -0.1) is 0 Å². The van der Waals surface area contributed by atoms with Crippen molar-refractivity contribution in [2.24, 2.45) is 5.92 Å². The molecule has 0 spiro atoms. The molecule has 1 aromatic carbocycles. The van der Waals surface area contributed by atoms with E-state index in [1.807, 2.05) is 18.2 Å². The molecule has 1 heterocycles. The molecule has 0 saturated carbocycles. The lowest BCUT2D eigenvalue weighted by Crippen LogP contribution is -2.44. The lowest BCUT2D eigenvalue weighted by atomic mass is 9.96. The van der Waals surface area contributed by atoms with E-state index >= 15 is 0 Å². The zero-order valence-electron chi connectivity index (χ0n) is 12.3. The molecule has 0 aliphatic carbocycles. The number of hydrogen-bond donors (Lipinski definition) is 2. The number of carboxylic acid groups (broad SMARTS) is 1. The molecule has 114 valence electrons. The number of ether oxygens (including phenoxy) is 1. The molecule has 21 heavy (non-hydrogen) atoms. The Labute approximate surface area is 124 Å². The smallest absolute Gasteiger partial charge is 0.326 e. The van der Waals surface area contributed by atoms with Crippen molar-refractivity contribution in [3.8, 4) is 0 Å². The van der Waals surface area contributed by atoms with Crippen LogP contribution in [0.25, 0.3) is 0 Å². The molecule has 0 aromatic heterocycles. The number of amides is 1. The van der Waals surface area contributed by atoms with E-state index in [2.05, 4.69) is 5.32 Å². The lowest BCUT2D eigenvalue weighted by molar-refractivity contribution is -0.140. The highest BCUT2D eigenvalue weighted by Gasteiger charge is 2.24. The summed E-state index contributed by atoms with van der Waals surface area (Å²) < 4.78 is 5.36. The molecule has 2 atom stereocenters. The summed E-state index contributed by atoms with van der Waals surface area (Å²) in [4.78, 5) is 23.4. The zero-order chi connectivity index (χ0) is 15.4. The van der Waals surface area contributed by atoms with Gasteiger partial charge in [0.2, 0.25) is 0 Å². The van der Waals surface area contributed by atoms with Gasteiger partial charge in [0.15, 0.2) is 0 Å². The van der Waals surface area contributed by atoms with Crippen LogP contribution in [-0.4, -0.2) is 36.2 Å². The molecule has 1 fully saturated rings. The summed E-state index contributed by atoms with van der Waals surface area (Å²) in [6.45, 7) is 4.96. The van der Waals surface area contributed by atoms with Crippen LogP contribution in [-0.2, 0) is 9.53 Å². The van der Waals surface area contributed by atoms with Gasteiger partial charge in [-0.2, -0.15) is 0 Å². The van der Waals surface area contributed by atoms with E-state index in [9.17, 15) is 9.59 Å². The first-order valence-electron chi connectivity index (χ1n) is 7.20. The summed E-state index contributed by atoms with van der Waals surface area (Å²) >= 11 is 0. The Kier molecular flexibility index (Phi) is 4.96. The molecule has 1 unspecified atom stereocenters. The quantitative estimate of drug-likeness (QED) is 0.870. The van der Waals surface area contributed by atoms with Crippen molar-refractivity contribution in [1.82, 2.24) is 5.32 Å². The fourth-order valence-electron chi connectivity index (χ4n) is 2.47. The fraction of sp³-hybridized carbons (Fsp3) is 0.500. The fourth-order valence-corrected chi connectivity index (χ4v) is 2.47. The summed E-state index contributed by atoms with van der Waals surface area (Å²) in [5.74, 6) is -1.22. The van der Waals surface area contributed by atoms with Crippen LogP contribution in [0.2, 0.25) is 0 Å². The third-order valence-electron chi connectivity index (χ3n) is 3.77. The highest BCUT2D eigenvalue weighted by Crippen LogP contribution is 2.25. The molecule has 1 aromatic rings. The number of benzene rings is 1. The number of nitrogens with one attached hydrogen (secondary N) is 1. The van der Waals surface area contributed by atoms with Gasteiger partial charge in [0.25, 0.3) is 5.91 Å². The van der Waals surface area contributed by atoms with E-state index in [1.54, 1.807) is 19.9 Å². The van der Waals surface area contributed by atoms with E-state index in [0.717, 1.165) is 18.6 Å². The molecule has 5 heteroatoms. The third-order valence-corrected chi connectivity index (χ3v) is 3.77. The highest BCUT2D eigenvalue weighted by atomic mass is 16.5. The topological polar surface area (TPSA) is 75.6 Å². The Morgan fingerprint density at radius 3 is 2.71 bits per heavy atom. The van der Waals surface area contributed by atoms with Gasteiger partial charge in [0, 0.05) is 18.1 Å². The number of aliphatic carboxylic acids is 1. The Balaban J connectivity index is 2.11.